The van der Waals surface area contributed by atoms with Crippen LogP contribution in [-0.4, -0.2) is 41.8 Å². The number of ether oxygens (including phenoxy) is 1. The average Bonchev–Trinajstić information content (AvgIpc) is 3.21. The third kappa shape index (κ3) is 4.04. The molecular formula is C24H26N2O3. The van der Waals surface area contributed by atoms with Gasteiger partial charge in [-0.05, 0) is 37.0 Å². The molecule has 0 unspecified atom stereocenters. The predicted molar refractivity (Wildman–Crippen MR) is 113 cm³/mol. The summed E-state index contributed by atoms with van der Waals surface area (Å²) in [6.07, 6.45) is 4.38. The lowest BCUT2D eigenvalue weighted by molar-refractivity contribution is -0.132. The van der Waals surface area contributed by atoms with E-state index >= 15 is 0 Å². The molecule has 1 N–H and O–H groups in total. The molecule has 3 aromatic rings. The highest BCUT2D eigenvalue weighted by molar-refractivity contribution is 6.08. The summed E-state index contributed by atoms with van der Waals surface area (Å²) >= 11 is 0. The number of aromatic nitrogens is 1. The highest BCUT2D eigenvalue weighted by atomic mass is 16.5. The molecule has 5 nitrogen and oxygen atoms in total. The number of aryl methyl sites for hydroxylation is 1. The Balaban J connectivity index is 1.33. The van der Waals surface area contributed by atoms with Gasteiger partial charge in [0.1, 0.15) is 5.75 Å². The standard InChI is InChI=1S/C24H26N2O3/c1-29-22-9-5-2-6-17(22)10-11-23(27)26-14-12-18(13-15-26)24(28)20-16-25-21-8-4-3-7-19(20)21/h2-9,16,18,25H,10-15H2,1H3. The molecule has 1 aliphatic heterocycles. The molecule has 150 valence electrons. The number of rotatable bonds is 6. The Morgan fingerprint density at radius 1 is 1.07 bits per heavy atom. The van der Waals surface area contributed by atoms with Crippen molar-refractivity contribution in [1.82, 2.24) is 9.88 Å². The van der Waals surface area contributed by atoms with Crippen molar-refractivity contribution in [1.29, 1.82) is 0 Å². The van der Waals surface area contributed by atoms with Gasteiger partial charge in [-0.1, -0.05) is 36.4 Å². The first-order valence-corrected chi connectivity index (χ1v) is 10.2. The zero-order valence-electron chi connectivity index (χ0n) is 16.7. The highest BCUT2D eigenvalue weighted by Crippen LogP contribution is 2.27. The number of carbonyl (C=O) groups is 2. The SMILES string of the molecule is COc1ccccc1CCC(=O)N1CCC(C(=O)c2c[nH]c3ccccc23)CC1. The maximum Gasteiger partial charge on any atom is 0.222 e. The Labute approximate surface area is 170 Å². The molecule has 1 fully saturated rings. The maximum absolute atomic E-state index is 13.0. The smallest absolute Gasteiger partial charge is 0.222 e. The number of hydrogen-bond acceptors (Lipinski definition) is 3. The number of benzene rings is 2. The minimum absolute atomic E-state index is 0.0209. The van der Waals surface area contributed by atoms with E-state index in [1.54, 1.807) is 7.11 Å². The van der Waals surface area contributed by atoms with Crippen LogP contribution in [0, 0.1) is 5.92 Å². The van der Waals surface area contributed by atoms with Gasteiger partial charge in [0, 0.05) is 48.1 Å². The van der Waals surface area contributed by atoms with E-state index in [1.165, 1.54) is 0 Å². The molecule has 29 heavy (non-hydrogen) atoms. The minimum atomic E-state index is -0.0209. The van der Waals surface area contributed by atoms with Crippen LogP contribution in [0.1, 0.15) is 35.2 Å². The number of fused-ring (bicyclic) bond motifs is 1. The molecule has 0 aliphatic carbocycles. The predicted octanol–water partition coefficient (Wildman–Crippen LogP) is 4.23. The third-order valence-electron chi connectivity index (χ3n) is 5.87. The lowest BCUT2D eigenvalue weighted by atomic mass is 9.88. The molecule has 1 saturated heterocycles. The molecule has 5 heteroatoms. The minimum Gasteiger partial charge on any atom is -0.496 e. The number of methoxy groups -OCH3 is 1. The average molecular weight is 390 g/mol. The number of likely N-dealkylation sites (tertiary alicyclic amines) is 1. The van der Waals surface area contributed by atoms with E-state index in [-0.39, 0.29) is 17.6 Å². The monoisotopic (exact) mass is 390 g/mol. The van der Waals surface area contributed by atoms with Crippen molar-refractivity contribution in [3.63, 3.8) is 0 Å². The molecule has 0 bridgehead atoms. The first-order chi connectivity index (χ1) is 14.2. The fourth-order valence-corrected chi connectivity index (χ4v) is 4.20. The Bertz CT molecular complexity index is 1020. The summed E-state index contributed by atoms with van der Waals surface area (Å²) in [7, 11) is 1.65. The molecule has 2 aromatic carbocycles. The van der Waals surface area contributed by atoms with E-state index in [4.69, 9.17) is 4.74 Å². The summed E-state index contributed by atoms with van der Waals surface area (Å²) in [6, 6.07) is 15.7. The van der Waals surface area contributed by atoms with Crippen molar-refractivity contribution in [2.45, 2.75) is 25.7 Å². The fraction of sp³-hybridized carbons (Fsp3) is 0.333. The number of nitrogens with zero attached hydrogens (tertiary/aromatic N) is 1. The summed E-state index contributed by atoms with van der Waals surface area (Å²) < 4.78 is 5.36. The molecule has 1 aromatic heterocycles. The van der Waals surface area contributed by atoms with Gasteiger partial charge < -0.3 is 14.6 Å². The van der Waals surface area contributed by atoms with E-state index in [0.717, 1.165) is 40.6 Å². The van der Waals surface area contributed by atoms with Crippen LogP contribution in [0.25, 0.3) is 10.9 Å². The molecule has 2 heterocycles. The number of piperidine rings is 1. The second-order valence-corrected chi connectivity index (χ2v) is 7.58. The second-order valence-electron chi connectivity index (χ2n) is 7.58. The number of ketones is 1. The summed E-state index contributed by atoms with van der Waals surface area (Å²) in [4.78, 5) is 30.7. The number of aromatic amines is 1. The Kier molecular flexibility index (Phi) is 5.65. The van der Waals surface area contributed by atoms with Crippen molar-refractivity contribution < 1.29 is 14.3 Å². The maximum atomic E-state index is 13.0. The van der Waals surface area contributed by atoms with Crippen LogP contribution < -0.4 is 4.74 Å². The van der Waals surface area contributed by atoms with Crippen molar-refractivity contribution >= 4 is 22.6 Å². The van der Waals surface area contributed by atoms with Crippen molar-refractivity contribution in [3.8, 4) is 5.75 Å². The van der Waals surface area contributed by atoms with E-state index in [2.05, 4.69) is 4.98 Å². The normalized spacial score (nSPS) is 14.9. The molecule has 4 rings (SSSR count). The zero-order chi connectivity index (χ0) is 20.2. The van der Waals surface area contributed by atoms with Gasteiger partial charge in [-0.2, -0.15) is 0 Å². The van der Waals surface area contributed by atoms with E-state index < -0.39 is 0 Å². The molecule has 1 amide bonds. The molecule has 0 radical (unpaired) electrons. The van der Waals surface area contributed by atoms with Gasteiger partial charge >= 0.3 is 0 Å². The first-order valence-electron chi connectivity index (χ1n) is 10.2. The van der Waals surface area contributed by atoms with Crippen molar-refractivity contribution in [3.05, 3.63) is 65.9 Å². The lowest BCUT2D eigenvalue weighted by Crippen LogP contribution is -2.40. The molecular weight excluding hydrogens is 364 g/mol. The van der Waals surface area contributed by atoms with Crippen LogP contribution in [0.5, 0.6) is 5.75 Å². The summed E-state index contributed by atoms with van der Waals surface area (Å²) in [5.41, 5.74) is 2.80. The third-order valence-corrected chi connectivity index (χ3v) is 5.87. The topological polar surface area (TPSA) is 62.4 Å². The lowest BCUT2D eigenvalue weighted by Gasteiger charge is -2.31. The number of para-hydroxylation sites is 2. The zero-order valence-corrected chi connectivity index (χ0v) is 16.7. The van der Waals surface area contributed by atoms with Gasteiger partial charge in [0.05, 0.1) is 7.11 Å². The highest BCUT2D eigenvalue weighted by Gasteiger charge is 2.29. The van der Waals surface area contributed by atoms with Gasteiger partial charge in [0.15, 0.2) is 5.78 Å². The van der Waals surface area contributed by atoms with Gasteiger partial charge in [0.25, 0.3) is 0 Å². The van der Waals surface area contributed by atoms with E-state index in [9.17, 15) is 9.59 Å². The van der Waals surface area contributed by atoms with E-state index in [1.807, 2.05) is 59.6 Å². The summed E-state index contributed by atoms with van der Waals surface area (Å²) in [5.74, 6) is 1.13. The van der Waals surface area contributed by atoms with Crippen LogP contribution in [0.4, 0.5) is 0 Å². The van der Waals surface area contributed by atoms with Gasteiger partial charge in [-0.3, -0.25) is 9.59 Å². The van der Waals surface area contributed by atoms with E-state index in [0.29, 0.717) is 25.9 Å². The Morgan fingerprint density at radius 3 is 2.59 bits per heavy atom. The van der Waals surface area contributed by atoms with Gasteiger partial charge in [0.2, 0.25) is 5.91 Å². The van der Waals surface area contributed by atoms with Gasteiger partial charge in [-0.25, -0.2) is 0 Å². The summed E-state index contributed by atoms with van der Waals surface area (Å²) in [5, 5.41) is 0.979. The number of amides is 1. The Hall–Kier alpha value is -3.08. The first kappa shape index (κ1) is 19.2. The number of Topliss-reactive ketones (excluding diaryl/α,β-unsaturated/α-hetero) is 1. The van der Waals surface area contributed by atoms with Crippen LogP contribution >= 0.6 is 0 Å². The van der Waals surface area contributed by atoms with Gasteiger partial charge in [-0.15, -0.1) is 0 Å². The van der Waals surface area contributed by atoms with Crippen molar-refractivity contribution in [2.75, 3.05) is 20.2 Å². The second kappa shape index (κ2) is 8.52. The fourth-order valence-electron chi connectivity index (χ4n) is 4.20. The molecule has 0 saturated carbocycles. The molecule has 1 aliphatic rings. The molecule has 0 spiro atoms. The largest absolute Gasteiger partial charge is 0.496 e. The van der Waals surface area contributed by atoms with Crippen molar-refractivity contribution in [2.24, 2.45) is 5.92 Å². The van der Waals surface area contributed by atoms with Crippen LogP contribution in [0.15, 0.2) is 54.7 Å². The Morgan fingerprint density at radius 2 is 1.79 bits per heavy atom. The quantitative estimate of drug-likeness (QED) is 0.641. The summed E-state index contributed by atoms with van der Waals surface area (Å²) in [6.45, 7) is 1.28. The molecule has 0 atom stereocenters. The van der Waals surface area contributed by atoms with Crippen LogP contribution in [0.3, 0.4) is 0 Å². The number of carbonyl (C=O) groups excluding carboxylic acids is 2. The van der Waals surface area contributed by atoms with Crippen LogP contribution in [-0.2, 0) is 11.2 Å². The number of nitrogens with one attached hydrogen (secondary N) is 1. The van der Waals surface area contributed by atoms with Crippen LogP contribution in [0.2, 0.25) is 0 Å². The number of hydrogen-bond donors (Lipinski definition) is 1. The number of H-pyrrole nitrogens is 1.